The fourth-order valence-electron chi connectivity index (χ4n) is 2.25. The maximum Gasteiger partial charge on any atom is 0.254 e. The normalized spacial score (nSPS) is 20.1. The molecule has 1 aromatic heterocycles. The van der Waals surface area contributed by atoms with Gasteiger partial charge in [0.1, 0.15) is 4.21 Å². The first kappa shape index (κ1) is 15.4. The quantitative estimate of drug-likeness (QED) is 0.898. The number of amides is 1. The van der Waals surface area contributed by atoms with E-state index in [1.54, 1.807) is 4.90 Å². The second-order valence-corrected chi connectivity index (χ2v) is 7.37. The van der Waals surface area contributed by atoms with Crippen molar-refractivity contribution in [2.75, 3.05) is 19.7 Å². The van der Waals surface area contributed by atoms with Crippen molar-refractivity contribution in [1.82, 2.24) is 4.90 Å². The van der Waals surface area contributed by atoms with Crippen molar-refractivity contribution in [3.05, 3.63) is 17.0 Å². The van der Waals surface area contributed by atoms with Gasteiger partial charge >= 0.3 is 0 Å². The SMILES string of the molecule is CCOC1CCCN(C(=O)c2csc(S(N)(=O)=O)c2)C1. The Bertz CT molecular complexity index is 580. The van der Waals surface area contributed by atoms with Gasteiger partial charge in [-0.2, -0.15) is 0 Å². The highest BCUT2D eigenvalue weighted by atomic mass is 32.2. The van der Waals surface area contributed by atoms with Crippen molar-refractivity contribution in [3.8, 4) is 0 Å². The Labute approximate surface area is 122 Å². The standard InChI is InChI=1S/C12H18N2O4S2/c1-2-18-10-4-3-5-14(7-10)12(15)9-6-11(19-8-9)20(13,16)17/h6,8,10H,2-5,7H2,1H3,(H2,13,16,17). The molecule has 20 heavy (non-hydrogen) atoms. The number of nitrogens with zero attached hydrogens (tertiary/aromatic N) is 1. The Balaban J connectivity index is 2.09. The molecular formula is C12H18N2O4S2. The first-order valence-electron chi connectivity index (χ1n) is 6.44. The minimum atomic E-state index is -3.74. The smallest absolute Gasteiger partial charge is 0.254 e. The highest BCUT2D eigenvalue weighted by Crippen LogP contribution is 2.22. The largest absolute Gasteiger partial charge is 0.377 e. The molecule has 1 atom stereocenters. The van der Waals surface area contributed by atoms with E-state index >= 15 is 0 Å². The lowest BCUT2D eigenvalue weighted by Crippen LogP contribution is -2.43. The molecule has 2 rings (SSSR count). The molecule has 2 N–H and O–H groups in total. The summed E-state index contributed by atoms with van der Waals surface area (Å²) < 4.78 is 28.0. The van der Waals surface area contributed by atoms with Crippen molar-refractivity contribution in [2.24, 2.45) is 5.14 Å². The second kappa shape index (κ2) is 6.21. The van der Waals surface area contributed by atoms with Crippen molar-refractivity contribution in [3.63, 3.8) is 0 Å². The summed E-state index contributed by atoms with van der Waals surface area (Å²) in [7, 11) is -3.74. The van der Waals surface area contributed by atoms with Gasteiger partial charge in [-0.1, -0.05) is 0 Å². The Kier molecular flexibility index (Phi) is 4.79. The van der Waals surface area contributed by atoms with Gasteiger partial charge in [-0.15, -0.1) is 11.3 Å². The molecule has 1 saturated heterocycles. The molecule has 2 heterocycles. The number of sulfonamides is 1. The minimum Gasteiger partial charge on any atom is -0.377 e. The van der Waals surface area contributed by atoms with Gasteiger partial charge < -0.3 is 9.64 Å². The lowest BCUT2D eigenvalue weighted by atomic mass is 10.1. The van der Waals surface area contributed by atoms with Gasteiger partial charge in [0.15, 0.2) is 0 Å². The topological polar surface area (TPSA) is 89.7 Å². The molecule has 0 bridgehead atoms. The fourth-order valence-corrected chi connectivity index (χ4v) is 3.83. The van der Waals surface area contributed by atoms with Crippen LogP contribution >= 0.6 is 11.3 Å². The number of hydrogen-bond acceptors (Lipinski definition) is 5. The summed E-state index contributed by atoms with van der Waals surface area (Å²) in [6.07, 6.45) is 1.90. The third-order valence-corrected chi connectivity index (χ3v) is 5.56. The third kappa shape index (κ3) is 3.57. The molecule has 1 unspecified atom stereocenters. The first-order valence-corrected chi connectivity index (χ1v) is 8.86. The van der Waals surface area contributed by atoms with Crippen LogP contribution in [0.15, 0.2) is 15.7 Å². The van der Waals surface area contributed by atoms with Gasteiger partial charge in [-0.3, -0.25) is 4.79 Å². The maximum atomic E-state index is 12.3. The van der Waals surface area contributed by atoms with Gasteiger partial charge in [-0.05, 0) is 25.8 Å². The van der Waals surface area contributed by atoms with Crippen molar-refractivity contribution in [1.29, 1.82) is 0 Å². The summed E-state index contributed by atoms with van der Waals surface area (Å²) in [5.74, 6) is -0.166. The number of nitrogens with two attached hydrogens (primary N) is 1. The van der Waals surface area contributed by atoms with Crippen LogP contribution < -0.4 is 5.14 Å². The number of thiophene rings is 1. The molecule has 1 fully saturated rings. The van der Waals surface area contributed by atoms with Gasteiger partial charge in [-0.25, -0.2) is 13.6 Å². The number of likely N-dealkylation sites (tertiary alicyclic amines) is 1. The summed E-state index contributed by atoms with van der Waals surface area (Å²) >= 11 is 0.968. The van der Waals surface area contributed by atoms with Crippen LogP contribution in [0, 0.1) is 0 Å². The molecule has 0 aromatic carbocycles. The number of rotatable bonds is 4. The zero-order chi connectivity index (χ0) is 14.8. The average molecular weight is 318 g/mol. The van der Waals surface area contributed by atoms with Crippen LogP contribution in [0.1, 0.15) is 30.1 Å². The van der Waals surface area contributed by atoms with Crippen molar-refractivity contribution in [2.45, 2.75) is 30.1 Å². The van der Waals surface area contributed by atoms with E-state index in [9.17, 15) is 13.2 Å². The van der Waals surface area contributed by atoms with Gasteiger partial charge in [0.25, 0.3) is 5.91 Å². The van der Waals surface area contributed by atoms with E-state index in [0.29, 0.717) is 25.3 Å². The molecular weight excluding hydrogens is 300 g/mol. The van der Waals surface area contributed by atoms with Crippen molar-refractivity contribution >= 4 is 27.3 Å². The van der Waals surface area contributed by atoms with Gasteiger partial charge in [0, 0.05) is 25.1 Å². The number of ether oxygens (including phenoxy) is 1. The van der Waals surface area contributed by atoms with E-state index in [4.69, 9.17) is 9.88 Å². The molecule has 0 radical (unpaired) electrons. The van der Waals surface area contributed by atoms with E-state index in [2.05, 4.69) is 0 Å². The Morgan fingerprint density at radius 2 is 2.35 bits per heavy atom. The van der Waals surface area contributed by atoms with Crippen LogP contribution in [0.5, 0.6) is 0 Å². The highest BCUT2D eigenvalue weighted by Gasteiger charge is 2.26. The molecule has 0 aliphatic carbocycles. The lowest BCUT2D eigenvalue weighted by Gasteiger charge is -2.32. The summed E-state index contributed by atoms with van der Waals surface area (Å²) in [4.78, 5) is 14.0. The number of hydrogen-bond donors (Lipinski definition) is 1. The second-order valence-electron chi connectivity index (χ2n) is 4.67. The molecule has 6 nitrogen and oxygen atoms in total. The van der Waals surface area contributed by atoms with Crippen molar-refractivity contribution < 1.29 is 17.9 Å². The van der Waals surface area contributed by atoms with Crippen LogP contribution in [0.4, 0.5) is 0 Å². The monoisotopic (exact) mass is 318 g/mol. The van der Waals surface area contributed by atoms with Crippen LogP contribution in [0.25, 0.3) is 0 Å². The third-order valence-electron chi connectivity index (χ3n) is 3.17. The van der Waals surface area contributed by atoms with Crippen LogP contribution in [-0.2, 0) is 14.8 Å². The molecule has 1 amide bonds. The van der Waals surface area contributed by atoms with E-state index in [1.807, 2.05) is 6.92 Å². The number of piperidine rings is 1. The average Bonchev–Trinajstić information content (AvgIpc) is 2.88. The Hall–Kier alpha value is -0.960. The van der Waals surface area contributed by atoms with E-state index in [0.717, 1.165) is 24.2 Å². The fraction of sp³-hybridized carbons (Fsp3) is 0.583. The van der Waals surface area contributed by atoms with E-state index in [1.165, 1.54) is 11.4 Å². The molecule has 8 heteroatoms. The number of primary sulfonamides is 1. The summed E-state index contributed by atoms with van der Waals surface area (Å²) in [6, 6.07) is 1.34. The van der Waals surface area contributed by atoms with Crippen LogP contribution in [-0.4, -0.2) is 45.0 Å². The van der Waals surface area contributed by atoms with Gasteiger partial charge in [0.05, 0.1) is 11.7 Å². The summed E-state index contributed by atoms with van der Waals surface area (Å²) in [6.45, 7) is 3.77. The molecule has 0 spiro atoms. The van der Waals surface area contributed by atoms with Crippen LogP contribution in [0.2, 0.25) is 0 Å². The number of carbonyl (C=O) groups is 1. The summed E-state index contributed by atoms with van der Waals surface area (Å²) in [5, 5.41) is 6.58. The molecule has 112 valence electrons. The zero-order valence-electron chi connectivity index (χ0n) is 11.2. The molecule has 0 saturated carbocycles. The Morgan fingerprint density at radius 3 is 2.95 bits per heavy atom. The lowest BCUT2D eigenvalue weighted by molar-refractivity contribution is 0.00726. The molecule has 1 aliphatic heterocycles. The maximum absolute atomic E-state index is 12.3. The zero-order valence-corrected chi connectivity index (χ0v) is 12.9. The predicted octanol–water partition coefficient (Wildman–Crippen LogP) is 1.04. The van der Waals surface area contributed by atoms with Crippen LogP contribution in [0.3, 0.4) is 0 Å². The van der Waals surface area contributed by atoms with E-state index < -0.39 is 10.0 Å². The first-order chi connectivity index (χ1) is 9.41. The summed E-state index contributed by atoms with van der Waals surface area (Å²) in [5.41, 5.74) is 0.371. The molecule has 1 aromatic rings. The van der Waals surface area contributed by atoms with E-state index in [-0.39, 0.29) is 16.2 Å². The number of carbonyl (C=O) groups excluding carboxylic acids is 1. The molecule has 1 aliphatic rings. The predicted molar refractivity (Wildman–Crippen MR) is 76.2 cm³/mol. The van der Waals surface area contributed by atoms with Gasteiger partial charge in [0.2, 0.25) is 10.0 Å². The highest BCUT2D eigenvalue weighted by molar-refractivity contribution is 7.91. The Morgan fingerprint density at radius 1 is 1.60 bits per heavy atom. The minimum absolute atomic E-state index is 0.0132.